The Bertz CT molecular complexity index is 1120. The van der Waals surface area contributed by atoms with Crippen molar-refractivity contribution in [3.8, 4) is 0 Å². The normalized spacial score (nSPS) is 11.1. The highest BCUT2D eigenvalue weighted by molar-refractivity contribution is 9.10. The highest BCUT2D eigenvalue weighted by atomic mass is 79.9. The molecule has 3 rings (SSSR count). The first kappa shape index (κ1) is 21.0. The molecule has 0 bridgehead atoms. The zero-order valence-corrected chi connectivity index (χ0v) is 17.9. The fraction of sp³-hybridized carbons (Fsp3) is 0.0952. The number of carbonyl (C=O) groups excluding carboxylic acids is 1. The number of hydrogen-bond donors (Lipinski definition) is 1. The number of sulfonamides is 1. The third kappa shape index (κ3) is 5.21. The molecule has 0 heterocycles. The number of anilines is 2. The maximum Gasteiger partial charge on any atom is 0.264 e. The van der Waals surface area contributed by atoms with E-state index in [0.29, 0.717) is 5.69 Å². The summed E-state index contributed by atoms with van der Waals surface area (Å²) < 4.78 is 41.7. The molecule has 1 amide bonds. The predicted octanol–water partition coefficient (Wildman–Crippen LogP) is 4.73. The molecule has 0 spiro atoms. The average Bonchev–Trinajstić information content (AvgIpc) is 2.67. The van der Waals surface area contributed by atoms with Crippen LogP contribution in [-0.2, 0) is 14.8 Å². The van der Waals surface area contributed by atoms with Crippen LogP contribution in [-0.4, -0.2) is 20.9 Å². The number of hydrogen-bond acceptors (Lipinski definition) is 3. The summed E-state index contributed by atoms with van der Waals surface area (Å²) in [6.45, 7) is 1.39. The van der Waals surface area contributed by atoms with E-state index in [-0.39, 0.29) is 10.6 Å². The van der Waals surface area contributed by atoms with Gasteiger partial charge in [-0.2, -0.15) is 0 Å². The predicted molar refractivity (Wildman–Crippen MR) is 115 cm³/mol. The summed E-state index contributed by atoms with van der Waals surface area (Å²) in [6, 6.07) is 18.4. The first-order chi connectivity index (χ1) is 13.8. The van der Waals surface area contributed by atoms with E-state index in [0.717, 1.165) is 20.4 Å². The average molecular weight is 477 g/mol. The minimum Gasteiger partial charge on any atom is -0.324 e. The third-order valence-corrected chi connectivity index (χ3v) is 6.44. The molecule has 5 nitrogen and oxygen atoms in total. The van der Waals surface area contributed by atoms with Crippen LogP contribution in [0, 0.1) is 12.7 Å². The molecule has 29 heavy (non-hydrogen) atoms. The maximum absolute atomic E-state index is 13.4. The number of aryl methyl sites for hydroxylation is 1. The molecule has 0 saturated carbocycles. The van der Waals surface area contributed by atoms with Crippen LogP contribution in [0.5, 0.6) is 0 Å². The molecule has 3 aromatic carbocycles. The summed E-state index contributed by atoms with van der Waals surface area (Å²) in [5, 5.41) is 2.53. The fourth-order valence-electron chi connectivity index (χ4n) is 2.66. The van der Waals surface area contributed by atoms with Gasteiger partial charge < -0.3 is 5.32 Å². The number of nitrogens with one attached hydrogen (secondary N) is 1. The Balaban J connectivity index is 1.93. The van der Waals surface area contributed by atoms with Crippen LogP contribution in [0.1, 0.15) is 5.56 Å². The van der Waals surface area contributed by atoms with Gasteiger partial charge in [-0.3, -0.25) is 9.10 Å². The quantitative estimate of drug-likeness (QED) is 0.558. The lowest BCUT2D eigenvalue weighted by atomic mass is 10.2. The molecule has 0 aliphatic heterocycles. The first-order valence-corrected chi connectivity index (χ1v) is 10.9. The number of benzene rings is 3. The van der Waals surface area contributed by atoms with Gasteiger partial charge in [0.15, 0.2) is 0 Å². The number of halogens is 2. The SMILES string of the molecule is Cc1ccc(S(=O)(=O)N(CC(=O)Nc2cccc(F)c2)c2ccc(Br)cc2)cc1. The largest absolute Gasteiger partial charge is 0.324 e. The minimum absolute atomic E-state index is 0.0737. The van der Waals surface area contributed by atoms with E-state index in [1.54, 1.807) is 36.4 Å². The van der Waals surface area contributed by atoms with Crippen molar-refractivity contribution in [2.75, 3.05) is 16.2 Å². The summed E-state index contributed by atoms with van der Waals surface area (Å²) in [7, 11) is -4.00. The smallest absolute Gasteiger partial charge is 0.264 e. The summed E-state index contributed by atoms with van der Waals surface area (Å²) in [5.41, 5.74) is 1.50. The molecule has 0 unspecified atom stereocenters. The summed E-state index contributed by atoms with van der Waals surface area (Å²) in [5.74, 6) is -1.09. The highest BCUT2D eigenvalue weighted by Crippen LogP contribution is 2.25. The number of rotatable bonds is 6. The van der Waals surface area contributed by atoms with Gasteiger partial charge in [-0.25, -0.2) is 12.8 Å². The molecule has 0 aliphatic carbocycles. The lowest BCUT2D eigenvalue weighted by molar-refractivity contribution is -0.114. The molecule has 0 aliphatic rings. The Labute approximate surface area is 177 Å². The van der Waals surface area contributed by atoms with Gasteiger partial charge in [0.2, 0.25) is 5.91 Å². The molecule has 0 saturated heterocycles. The van der Waals surface area contributed by atoms with Crippen LogP contribution in [0.4, 0.5) is 15.8 Å². The Kier molecular flexibility index (Phi) is 6.34. The molecule has 0 atom stereocenters. The van der Waals surface area contributed by atoms with Gasteiger partial charge in [-0.1, -0.05) is 39.7 Å². The lowest BCUT2D eigenvalue weighted by Gasteiger charge is -2.24. The monoisotopic (exact) mass is 476 g/mol. The Morgan fingerprint density at radius 2 is 1.69 bits per heavy atom. The third-order valence-electron chi connectivity index (χ3n) is 4.12. The zero-order chi connectivity index (χ0) is 21.0. The maximum atomic E-state index is 13.4. The van der Waals surface area contributed by atoms with Gasteiger partial charge >= 0.3 is 0 Å². The Hall–Kier alpha value is -2.71. The molecule has 150 valence electrons. The molecule has 0 radical (unpaired) electrons. The molecule has 0 fully saturated rings. The van der Waals surface area contributed by atoms with Crippen LogP contribution >= 0.6 is 15.9 Å². The molecule has 8 heteroatoms. The van der Waals surface area contributed by atoms with E-state index < -0.39 is 28.3 Å². The van der Waals surface area contributed by atoms with Gasteiger partial charge in [-0.15, -0.1) is 0 Å². The number of carbonyl (C=O) groups is 1. The van der Waals surface area contributed by atoms with Gasteiger partial charge in [0, 0.05) is 10.2 Å². The van der Waals surface area contributed by atoms with E-state index >= 15 is 0 Å². The fourth-order valence-corrected chi connectivity index (χ4v) is 4.34. The van der Waals surface area contributed by atoms with Gasteiger partial charge in [0.25, 0.3) is 10.0 Å². The Morgan fingerprint density at radius 1 is 1.03 bits per heavy atom. The van der Waals surface area contributed by atoms with E-state index in [1.165, 1.54) is 30.3 Å². The molecule has 1 N–H and O–H groups in total. The van der Waals surface area contributed by atoms with Crippen LogP contribution < -0.4 is 9.62 Å². The van der Waals surface area contributed by atoms with Crippen molar-refractivity contribution in [1.29, 1.82) is 0 Å². The number of nitrogens with zero attached hydrogens (tertiary/aromatic N) is 1. The van der Waals surface area contributed by atoms with Crippen molar-refractivity contribution < 1.29 is 17.6 Å². The van der Waals surface area contributed by atoms with Crippen molar-refractivity contribution in [3.05, 3.63) is 88.6 Å². The van der Waals surface area contributed by atoms with Crippen molar-refractivity contribution in [1.82, 2.24) is 0 Å². The van der Waals surface area contributed by atoms with Crippen molar-refractivity contribution in [3.63, 3.8) is 0 Å². The summed E-state index contributed by atoms with van der Waals surface area (Å²) in [6.07, 6.45) is 0. The lowest BCUT2D eigenvalue weighted by Crippen LogP contribution is -2.38. The van der Waals surface area contributed by atoms with Gasteiger partial charge in [0.05, 0.1) is 10.6 Å². The highest BCUT2D eigenvalue weighted by Gasteiger charge is 2.27. The minimum atomic E-state index is -4.00. The zero-order valence-electron chi connectivity index (χ0n) is 15.5. The van der Waals surface area contributed by atoms with Crippen LogP contribution in [0.2, 0.25) is 0 Å². The topological polar surface area (TPSA) is 66.5 Å². The summed E-state index contributed by atoms with van der Waals surface area (Å²) in [4.78, 5) is 12.6. The molecular formula is C21H18BrFN2O3S. The molecule has 3 aromatic rings. The summed E-state index contributed by atoms with van der Waals surface area (Å²) >= 11 is 3.32. The van der Waals surface area contributed by atoms with Crippen molar-refractivity contribution in [2.45, 2.75) is 11.8 Å². The second-order valence-corrected chi connectivity index (χ2v) is 9.14. The standard InChI is InChI=1S/C21H18BrFN2O3S/c1-15-5-11-20(12-6-15)29(27,28)25(19-9-7-16(22)8-10-19)14-21(26)24-18-4-2-3-17(23)13-18/h2-13H,14H2,1H3,(H,24,26). The van der Waals surface area contributed by atoms with Crippen LogP contribution in [0.25, 0.3) is 0 Å². The van der Waals surface area contributed by atoms with Gasteiger partial charge in [-0.05, 0) is 61.5 Å². The molecular weight excluding hydrogens is 459 g/mol. The number of amides is 1. The van der Waals surface area contributed by atoms with Crippen LogP contribution in [0.3, 0.4) is 0 Å². The van der Waals surface area contributed by atoms with Crippen molar-refractivity contribution >= 4 is 43.2 Å². The first-order valence-electron chi connectivity index (χ1n) is 8.66. The second kappa shape index (κ2) is 8.75. The van der Waals surface area contributed by atoms with E-state index in [9.17, 15) is 17.6 Å². The van der Waals surface area contributed by atoms with E-state index in [2.05, 4.69) is 21.2 Å². The van der Waals surface area contributed by atoms with E-state index in [1.807, 2.05) is 6.92 Å². The van der Waals surface area contributed by atoms with E-state index in [4.69, 9.17) is 0 Å². The second-order valence-electron chi connectivity index (χ2n) is 6.36. The Morgan fingerprint density at radius 3 is 2.31 bits per heavy atom. The van der Waals surface area contributed by atoms with Crippen molar-refractivity contribution in [2.24, 2.45) is 0 Å². The van der Waals surface area contributed by atoms with Crippen LogP contribution in [0.15, 0.2) is 82.2 Å². The van der Waals surface area contributed by atoms with Gasteiger partial charge in [0.1, 0.15) is 12.4 Å². The molecule has 0 aromatic heterocycles.